The Morgan fingerprint density at radius 2 is 1.02 bits per heavy atom. The van der Waals surface area contributed by atoms with Crippen LogP contribution in [0.15, 0.2) is 12.2 Å². The Morgan fingerprint density at radius 1 is 0.565 bits per heavy atom. The molecule has 0 radical (unpaired) electrons. The third kappa shape index (κ3) is 23.3. The van der Waals surface area contributed by atoms with E-state index in [1.807, 2.05) is 0 Å². The number of ether oxygens (including phenoxy) is 4. The van der Waals surface area contributed by atoms with E-state index in [0.29, 0.717) is 19.3 Å². The molecular formula is C48H91NO13. The van der Waals surface area contributed by atoms with Crippen molar-refractivity contribution in [1.82, 2.24) is 5.32 Å². The highest BCUT2D eigenvalue weighted by atomic mass is 16.7. The van der Waals surface area contributed by atoms with E-state index in [9.17, 15) is 45.6 Å². The smallest absolute Gasteiger partial charge is 0.220 e. The van der Waals surface area contributed by atoms with Gasteiger partial charge in [-0.2, -0.15) is 0 Å². The van der Waals surface area contributed by atoms with Gasteiger partial charge in [-0.1, -0.05) is 161 Å². The third-order valence-corrected chi connectivity index (χ3v) is 12.5. The maximum Gasteiger partial charge on any atom is 0.220 e. The van der Waals surface area contributed by atoms with Gasteiger partial charge in [-0.3, -0.25) is 4.79 Å². The van der Waals surface area contributed by atoms with Crippen LogP contribution in [-0.4, -0.2) is 140 Å². The average Bonchev–Trinajstić information content (AvgIpc) is 3.27. The van der Waals surface area contributed by atoms with Crippen LogP contribution in [-0.2, 0) is 23.7 Å². The summed E-state index contributed by atoms with van der Waals surface area (Å²) >= 11 is 0. The minimum Gasteiger partial charge on any atom is -0.394 e. The monoisotopic (exact) mass is 890 g/mol. The number of aliphatic hydroxyl groups excluding tert-OH is 8. The number of hydrogen-bond acceptors (Lipinski definition) is 13. The van der Waals surface area contributed by atoms with Crippen molar-refractivity contribution in [2.45, 2.75) is 267 Å². The minimum absolute atomic E-state index is 0.217. The highest BCUT2D eigenvalue weighted by molar-refractivity contribution is 5.76. The van der Waals surface area contributed by atoms with Crippen LogP contribution in [0.4, 0.5) is 0 Å². The number of hydrogen-bond donors (Lipinski definition) is 9. The van der Waals surface area contributed by atoms with Crippen LogP contribution in [0.1, 0.15) is 194 Å². The second-order valence-electron chi connectivity index (χ2n) is 17.9. The molecule has 62 heavy (non-hydrogen) atoms. The molecular weight excluding hydrogens is 799 g/mol. The van der Waals surface area contributed by atoms with Crippen molar-refractivity contribution in [3.05, 3.63) is 12.2 Å². The summed E-state index contributed by atoms with van der Waals surface area (Å²) in [5.41, 5.74) is 0. The molecule has 2 heterocycles. The number of amides is 1. The van der Waals surface area contributed by atoms with Crippen molar-refractivity contribution in [2.24, 2.45) is 0 Å². The molecule has 9 N–H and O–H groups in total. The van der Waals surface area contributed by atoms with Gasteiger partial charge < -0.3 is 65.1 Å². The maximum atomic E-state index is 13.1. The summed E-state index contributed by atoms with van der Waals surface area (Å²) in [6, 6.07) is -0.827. The van der Waals surface area contributed by atoms with Crippen LogP contribution in [0.2, 0.25) is 0 Å². The summed E-state index contributed by atoms with van der Waals surface area (Å²) in [6.07, 6.45) is 19.3. The molecule has 2 rings (SSSR count). The number of carbonyl (C=O) groups excluding carboxylic acids is 1. The maximum absolute atomic E-state index is 13.1. The van der Waals surface area contributed by atoms with Crippen LogP contribution in [0, 0.1) is 0 Å². The zero-order valence-corrected chi connectivity index (χ0v) is 38.6. The Morgan fingerprint density at radius 3 is 1.56 bits per heavy atom. The summed E-state index contributed by atoms with van der Waals surface area (Å²) in [4.78, 5) is 13.1. The number of unbranched alkanes of at least 4 members (excludes halogenated alkanes) is 23. The molecule has 2 aliphatic heterocycles. The zero-order chi connectivity index (χ0) is 45.4. The first-order valence-corrected chi connectivity index (χ1v) is 24.9. The summed E-state index contributed by atoms with van der Waals surface area (Å²) in [7, 11) is 0. The van der Waals surface area contributed by atoms with Crippen molar-refractivity contribution in [1.29, 1.82) is 0 Å². The van der Waals surface area contributed by atoms with Crippen molar-refractivity contribution in [3.8, 4) is 0 Å². The number of aliphatic hydroxyl groups is 8. The number of carbonyl (C=O) groups is 1. The van der Waals surface area contributed by atoms with Gasteiger partial charge in [-0.15, -0.1) is 0 Å². The lowest BCUT2D eigenvalue weighted by molar-refractivity contribution is -0.359. The lowest BCUT2D eigenvalue weighted by Gasteiger charge is -2.46. The van der Waals surface area contributed by atoms with E-state index in [-0.39, 0.29) is 12.5 Å². The van der Waals surface area contributed by atoms with Crippen molar-refractivity contribution >= 4 is 5.91 Å². The van der Waals surface area contributed by atoms with Gasteiger partial charge in [-0.25, -0.2) is 0 Å². The molecule has 0 bridgehead atoms. The molecule has 14 heteroatoms. The zero-order valence-electron chi connectivity index (χ0n) is 38.6. The average molecular weight is 890 g/mol. The van der Waals surface area contributed by atoms with Crippen LogP contribution in [0.25, 0.3) is 0 Å². The molecule has 366 valence electrons. The van der Waals surface area contributed by atoms with Crippen LogP contribution >= 0.6 is 0 Å². The van der Waals surface area contributed by atoms with Crippen LogP contribution < -0.4 is 5.32 Å². The molecule has 0 aromatic heterocycles. The normalized spacial score (nSPS) is 27.8. The first-order chi connectivity index (χ1) is 30.1. The van der Waals surface area contributed by atoms with E-state index in [4.69, 9.17) is 18.9 Å². The first kappa shape index (κ1) is 56.9. The molecule has 14 nitrogen and oxygen atoms in total. The summed E-state index contributed by atoms with van der Waals surface area (Å²) in [6.45, 7) is 2.81. The molecule has 0 aromatic rings. The van der Waals surface area contributed by atoms with Gasteiger partial charge in [0.05, 0.1) is 32.0 Å². The molecule has 2 saturated heterocycles. The van der Waals surface area contributed by atoms with E-state index in [2.05, 4.69) is 31.3 Å². The number of nitrogens with one attached hydrogen (secondary N) is 1. The van der Waals surface area contributed by atoms with E-state index in [1.165, 1.54) is 96.3 Å². The minimum atomic E-state index is -1.78. The molecule has 0 saturated carbocycles. The highest BCUT2D eigenvalue weighted by Crippen LogP contribution is 2.30. The Balaban J connectivity index is 1.85. The van der Waals surface area contributed by atoms with Crippen LogP contribution in [0.5, 0.6) is 0 Å². The second kappa shape index (κ2) is 35.9. The SMILES string of the molecule is CCCCC/C=C\CCCCCCCC(=O)NC(COC1OC(CO)C(OC2OC(CO)C(O)C(O)C2O)C(O)C1O)C(O)CCCCCCCCCCCCCCCCCC. The molecule has 2 aliphatic rings. The lowest BCUT2D eigenvalue weighted by Crippen LogP contribution is -2.65. The fourth-order valence-corrected chi connectivity index (χ4v) is 8.35. The summed E-state index contributed by atoms with van der Waals surface area (Å²) < 4.78 is 22.7. The Hall–Kier alpha value is -1.27. The van der Waals surface area contributed by atoms with Crippen molar-refractivity contribution in [2.75, 3.05) is 19.8 Å². The summed E-state index contributed by atoms with van der Waals surface area (Å²) in [5.74, 6) is -0.217. The number of allylic oxidation sites excluding steroid dienone is 2. The Labute approximate surface area is 374 Å². The van der Waals surface area contributed by atoms with Crippen molar-refractivity contribution in [3.63, 3.8) is 0 Å². The standard InChI is InChI=1S/C48H91NO13/c1-3-5-7-9-11-13-15-17-18-19-20-21-23-25-27-29-31-37(52)36(49-40(53)32-30-28-26-24-22-16-14-12-10-8-6-4-2)35-59-47-45(58)43(56)46(39(34-51)61-47)62-48-44(57)42(55)41(54)38(33-50)60-48/h12,14,36-39,41-48,50-52,54-58H,3-11,13,15-35H2,1-2H3,(H,49,53)/b14-12-. The predicted octanol–water partition coefficient (Wildman–Crippen LogP) is 5.99. The van der Waals surface area contributed by atoms with E-state index in [1.54, 1.807) is 0 Å². The fraction of sp³-hybridized carbons (Fsp3) is 0.938. The molecule has 0 spiro atoms. The van der Waals surface area contributed by atoms with Gasteiger partial charge in [-0.05, 0) is 38.5 Å². The quantitative estimate of drug-likeness (QED) is 0.0257. The van der Waals surface area contributed by atoms with Gasteiger partial charge in [0.15, 0.2) is 12.6 Å². The summed E-state index contributed by atoms with van der Waals surface area (Å²) in [5, 5.41) is 86.8. The predicted molar refractivity (Wildman–Crippen MR) is 240 cm³/mol. The second-order valence-corrected chi connectivity index (χ2v) is 17.9. The molecule has 2 fully saturated rings. The number of rotatable bonds is 38. The largest absolute Gasteiger partial charge is 0.394 e. The molecule has 12 unspecified atom stereocenters. The fourth-order valence-electron chi connectivity index (χ4n) is 8.35. The Bertz CT molecular complexity index is 1100. The van der Waals surface area contributed by atoms with E-state index in [0.717, 1.165) is 64.2 Å². The molecule has 12 atom stereocenters. The Kier molecular flexibility index (Phi) is 32.9. The van der Waals surface area contributed by atoms with Gasteiger partial charge in [0.1, 0.15) is 48.8 Å². The first-order valence-electron chi connectivity index (χ1n) is 24.9. The van der Waals surface area contributed by atoms with Gasteiger partial charge in [0.25, 0.3) is 0 Å². The highest BCUT2D eigenvalue weighted by Gasteiger charge is 2.51. The topological polar surface area (TPSA) is 228 Å². The van der Waals surface area contributed by atoms with Gasteiger partial charge >= 0.3 is 0 Å². The van der Waals surface area contributed by atoms with E-state index < -0.39 is 86.8 Å². The molecule has 0 aromatic carbocycles. The van der Waals surface area contributed by atoms with E-state index >= 15 is 0 Å². The van der Waals surface area contributed by atoms with Crippen molar-refractivity contribution < 1.29 is 64.6 Å². The van der Waals surface area contributed by atoms with Gasteiger partial charge in [0, 0.05) is 6.42 Å². The van der Waals surface area contributed by atoms with Crippen LogP contribution in [0.3, 0.4) is 0 Å². The third-order valence-electron chi connectivity index (χ3n) is 12.5. The molecule has 0 aliphatic carbocycles. The molecule has 1 amide bonds. The van der Waals surface area contributed by atoms with Gasteiger partial charge in [0.2, 0.25) is 5.91 Å². The lowest BCUT2D eigenvalue weighted by atomic mass is 9.97.